The van der Waals surface area contributed by atoms with Gasteiger partial charge in [-0.2, -0.15) is 0 Å². The molecule has 7 heteroatoms. The standard InChI is InChI=1S/C17H19N3O3S/c1-12(15-4-3-8-18-11-15)19-24(22,23)16-5-6-17-14(10-16)7-9-20(17)13(2)21/h3-6,8,10-12,19H,7,9H2,1-2H3/t12-/m0/s1. The molecular formula is C17H19N3O3S. The first-order valence-electron chi connectivity index (χ1n) is 7.72. The van der Waals surface area contributed by atoms with Crippen molar-refractivity contribution >= 4 is 21.6 Å². The molecule has 1 aliphatic heterocycles. The van der Waals surface area contributed by atoms with E-state index in [-0.39, 0.29) is 16.8 Å². The monoisotopic (exact) mass is 345 g/mol. The van der Waals surface area contributed by atoms with Crippen molar-refractivity contribution in [2.75, 3.05) is 11.4 Å². The summed E-state index contributed by atoms with van der Waals surface area (Å²) in [7, 11) is -3.65. The Morgan fingerprint density at radius 1 is 1.33 bits per heavy atom. The maximum absolute atomic E-state index is 12.6. The molecule has 0 fully saturated rings. The van der Waals surface area contributed by atoms with Crippen molar-refractivity contribution in [1.29, 1.82) is 0 Å². The molecule has 0 unspecified atom stereocenters. The Labute approximate surface area is 141 Å². The van der Waals surface area contributed by atoms with E-state index in [9.17, 15) is 13.2 Å². The van der Waals surface area contributed by atoms with Gasteiger partial charge in [-0.25, -0.2) is 13.1 Å². The summed E-state index contributed by atoms with van der Waals surface area (Å²) in [5.74, 6) is -0.0346. The van der Waals surface area contributed by atoms with Crippen LogP contribution in [0.5, 0.6) is 0 Å². The number of pyridine rings is 1. The van der Waals surface area contributed by atoms with E-state index >= 15 is 0 Å². The molecule has 0 aliphatic carbocycles. The van der Waals surface area contributed by atoms with Crippen molar-refractivity contribution < 1.29 is 13.2 Å². The number of carbonyl (C=O) groups excluding carboxylic acids is 1. The molecule has 2 heterocycles. The van der Waals surface area contributed by atoms with E-state index in [4.69, 9.17) is 0 Å². The lowest BCUT2D eigenvalue weighted by Gasteiger charge is -2.16. The molecule has 0 radical (unpaired) electrons. The first-order valence-corrected chi connectivity index (χ1v) is 9.20. The third-order valence-corrected chi connectivity index (χ3v) is 5.69. The second kappa shape index (κ2) is 6.33. The summed E-state index contributed by atoms with van der Waals surface area (Å²) >= 11 is 0. The van der Waals surface area contributed by atoms with E-state index in [1.165, 1.54) is 6.92 Å². The molecule has 1 N–H and O–H groups in total. The second-order valence-corrected chi connectivity index (χ2v) is 7.55. The van der Waals surface area contributed by atoms with Crippen LogP contribution in [0, 0.1) is 0 Å². The molecule has 1 aliphatic rings. The van der Waals surface area contributed by atoms with E-state index in [1.807, 2.05) is 6.07 Å². The number of fused-ring (bicyclic) bond motifs is 1. The van der Waals surface area contributed by atoms with Gasteiger partial charge in [0.15, 0.2) is 0 Å². The van der Waals surface area contributed by atoms with Gasteiger partial charge in [0.2, 0.25) is 15.9 Å². The molecule has 1 atom stereocenters. The number of nitrogens with one attached hydrogen (secondary N) is 1. The number of benzene rings is 1. The Morgan fingerprint density at radius 3 is 2.79 bits per heavy atom. The third kappa shape index (κ3) is 3.18. The summed E-state index contributed by atoms with van der Waals surface area (Å²) in [6, 6.07) is 8.10. The predicted molar refractivity (Wildman–Crippen MR) is 91.1 cm³/mol. The highest BCUT2D eigenvalue weighted by Crippen LogP contribution is 2.30. The van der Waals surface area contributed by atoms with Crippen LogP contribution in [0.4, 0.5) is 5.69 Å². The van der Waals surface area contributed by atoms with Gasteiger partial charge >= 0.3 is 0 Å². The number of carbonyl (C=O) groups is 1. The average Bonchev–Trinajstić information content (AvgIpc) is 2.98. The SMILES string of the molecule is CC(=O)N1CCc2cc(S(=O)(=O)N[C@@H](C)c3cccnc3)ccc21. The topological polar surface area (TPSA) is 79.4 Å². The summed E-state index contributed by atoms with van der Waals surface area (Å²) in [4.78, 5) is 17.5. The summed E-state index contributed by atoms with van der Waals surface area (Å²) in [5, 5.41) is 0. The van der Waals surface area contributed by atoms with E-state index in [2.05, 4.69) is 9.71 Å². The van der Waals surface area contributed by atoms with Crippen LogP contribution in [0.1, 0.15) is 31.0 Å². The number of nitrogens with zero attached hydrogens (tertiary/aromatic N) is 2. The Hall–Kier alpha value is -2.25. The van der Waals surface area contributed by atoms with E-state index in [1.54, 1.807) is 48.5 Å². The van der Waals surface area contributed by atoms with E-state index < -0.39 is 10.0 Å². The first kappa shape index (κ1) is 16.6. The van der Waals surface area contributed by atoms with Crippen LogP contribution < -0.4 is 9.62 Å². The fourth-order valence-corrected chi connectivity index (χ4v) is 4.16. The van der Waals surface area contributed by atoms with Gasteiger partial charge in [0.05, 0.1) is 4.90 Å². The quantitative estimate of drug-likeness (QED) is 0.919. The van der Waals surface area contributed by atoms with E-state index in [0.29, 0.717) is 13.0 Å². The fourth-order valence-electron chi connectivity index (χ4n) is 2.87. The van der Waals surface area contributed by atoms with Crippen molar-refractivity contribution in [2.24, 2.45) is 0 Å². The third-order valence-electron chi connectivity index (χ3n) is 4.15. The maximum atomic E-state index is 12.6. The minimum atomic E-state index is -3.65. The number of amides is 1. The molecule has 3 rings (SSSR count). The van der Waals surface area contributed by atoms with Crippen LogP contribution in [-0.2, 0) is 21.2 Å². The molecule has 0 spiro atoms. The van der Waals surface area contributed by atoms with Gasteiger partial charge in [-0.05, 0) is 48.7 Å². The lowest BCUT2D eigenvalue weighted by molar-refractivity contribution is -0.116. The van der Waals surface area contributed by atoms with Crippen molar-refractivity contribution in [3.05, 3.63) is 53.9 Å². The van der Waals surface area contributed by atoms with Crippen LogP contribution >= 0.6 is 0 Å². The largest absolute Gasteiger partial charge is 0.312 e. The second-order valence-electron chi connectivity index (χ2n) is 5.84. The van der Waals surface area contributed by atoms with Gasteiger partial charge in [-0.15, -0.1) is 0 Å². The zero-order chi connectivity index (χ0) is 17.3. The van der Waals surface area contributed by atoms with Gasteiger partial charge < -0.3 is 4.90 Å². The smallest absolute Gasteiger partial charge is 0.241 e. The Balaban J connectivity index is 1.85. The summed E-state index contributed by atoms with van der Waals surface area (Å²) in [6.45, 7) is 3.88. The Kier molecular flexibility index (Phi) is 4.38. The normalized spacial score (nSPS) is 15.2. The zero-order valence-corrected chi connectivity index (χ0v) is 14.4. The molecule has 1 aromatic heterocycles. The average molecular weight is 345 g/mol. The molecule has 0 saturated heterocycles. The van der Waals surface area contributed by atoms with Crippen LogP contribution in [0.2, 0.25) is 0 Å². The van der Waals surface area contributed by atoms with Gasteiger partial charge in [-0.1, -0.05) is 6.07 Å². The maximum Gasteiger partial charge on any atom is 0.241 e. The van der Waals surface area contributed by atoms with Crippen LogP contribution in [0.3, 0.4) is 0 Å². The molecule has 1 aromatic carbocycles. The predicted octanol–water partition coefficient (Wildman–Crippen LogP) is 2.03. The van der Waals surface area contributed by atoms with E-state index in [0.717, 1.165) is 16.8 Å². The molecule has 2 aromatic rings. The fraction of sp³-hybridized carbons (Fsp3) is 0.294. The van der Waals surface area contributed by atoms with Gasteiger partial charge in [0.25, 0.3) is 0 Å². The van der Waals surface area contributed by atoms with Crippen molar-refractivity contribution in [3.63, 3.8) is 0 Å². The number of anilines is 1. The number of hydrogen-bond donors (Lipinski definition) is 1. The van der Waals surface area contributed by atoms with Gasteiger partial charge in [-0.3, -0.25) is 9.78 Å². The number of rotatable bonds is 4. The van der Waals surface area contributed by atoms with Crippen molar-refractivity contribution in [2.45, 2.75) is 31.2 Å². The lowest BCUT2D eigenvalue weighted by atomic mass is 10.2. The molecule has 126 valence electrons. The van der Waals surface area contributed by atoms with Gasteiger partial charge in [0.1, 0.15) is 0 Å². The van der Waals surface area contributed by atoms with Crippen LogP contribution in [0.15, 0.2) is 47.6 Å². The Morgan fingerprint density at radius 2 is 2.12 bits per heavy atom. The summed E-state index contributed by atoms with van der Waals surface area (Å²) in [5.41, 5.74) is 2.47. The number of sulfonamides is 1. The minimum Gasteiger partial charge on any atom is -0.312 e. The molecule has 0 bridgehead atoms. The van der Waals surface area contributed by atoms with Gasteiger partial charge in [0, 0.05) is 37.6 Å². The van der Waals surface area contributed by atoms with Crippen LogP contribution in [0.25, 0.3) is 0 Å². The highest BCUT2D eigenvalue weighted by Gasteiger charge is 2.25. The first-order chi connectivity index (χ1) is 11.4. The minimum absolute atomic E-state index is 0.0346. The molecule has 24 heavy (non-hydrogen) atoms. The molecule has 1 amide bonds. The molecular weight excluding hydrogens is 326 g/mol. The van der Waals surface area contributed by atoms with Crippen molar-refractivity contribution in [3.8, 4) is 0 Å². The highest BCUT2D eigenvalue weighted by molar-refractivity contribution is 7.89. The van der Waals surface area contributed by atoms with Crippen molar-refractivity contribution in [1.82, 2.24) is 9.71 Å². The van der Waals surface area contributed by atoms with Crippen LogP contribution in [-0.4, -0.2) is 25.9 Å². The highest BCUT2D eigenvalue weighted by atomic mass is 32.2. The summed E-state index contributed by atoms with van der Waals surface area (Å²) < 4.78 is 27.9. The molecule has 6 nitrogen and oxygen atoms in total. The zero-order valence-electron chi connectivity index (χ0n) is 13.6. The Bertz CT molecular complexity index is 866. The number of hydrogen-bond acceptors (Lipinski definition) is 4. The lowest BCUT2D eigenvalue weighted by Crippen LogP contribution is -2.27. The number of aromatic nitrogens is 1. The molecule has 0 saturated carbocycles. The summed E-state index contributed by atoms with van der Waals surface area (Å²) in [6.07, 6.45) is 3.95.